The molecule has 0 unspecified atom stereocenters. The highest BCUT2D eigenvalue weighted by molar-refractivity contribution is 6.13. The van der Waals surface area contributed by atoms with E-state index in [1.807, 2.05) is 54.6 Å². The molecule has 126 valence electrons. The third-order valence-electron chi connectivity index (χ3n) is 4.15. The average Bonchev–Trinajstić information content (AvgIpc) is 2.68. The van der Waals surface area contributed by atoms with Crippen molar-refractivity contribution < 1.29 is 9.63 Å². The van der Waals surface area contributed by atoms with Crippen molar-refractivity contribution in [3.8, 4) is 0 Å². The summed E-state index contributed by atoms with van der Waals surface area (Å²) < 4.78 is 0. The number of hydrogen-bond donors (Lipinski definition) is 1. The lowest BCUT2D eigenvalue weighted by atomic mass is 9.97. The lowest BCUT2D eigenvalue weighted by Gasteiger charge is -2.07. The van der Waals surface area contributed by atoms with E-state index < -0.39 is 6.09 Å². The predicted molar refractivity (Wildman–Crippen MR) is 106 cm³/mol. The van der Waals surface area contributed by atoms with E-state index in [4.69, 9.17) is 4.84 Å². The Morgan fingerprint density at radius 3 is 2.04 bits per heavy atom. The van der Waals surface area contributed by atoms with Crippen LogP contribution in [0.25, 0.3) is 21.5 Å². The normalized spacial score (nSPS) is 11.1. The van der Waals surface area contributed by atoms with Gasteiger partial charge in [-0.15, -0.1) is 0 Å². The summed E-state index contributed by atoms with van der Waals surface area (Å²) in [5.74, 6) is 0. The molecule has 4 aromatic carbocycles. The Hall–Kier alpha value is -3.66. The summed E-state index contributed by atoms with van der Waals surface area (Å²) in [6, 6.07) is 27.4. The summed E-state index contributed by atoms with van der Waals surface area (Å²) in [6.45, 7) is 0. The number of oxime groups is 1. The molecule has 26 heavy (non-hydrogen) atoms. The summed E-state index contributed by atoms with van der Waals surface area (Å²) in [4.78, 5) is 16.8. The lowest BCUT2D eigenvalue weighted by Crippen LogP contribution is -2.10. The number of para-hydroxylation sites is 1. The monoisotopic (exact) mass is 340 g/mol. The van der Waals surface area contributed by atoms with Gasteiger partial charge in [0.15, 0.2) is 0 Å². The first-order valence-electron chi connectivity index (χ1n) is 8.28. The number of nitrogens with zero attached hydrogens (tertiary/aromatic N) is 1. The Balaban J connectivity index is 1.63. The van der Waals surface area contributed by atoms with Crippen molar-refractivity contribution in [3.63, 3.8) is 0 Å². The third kappa shape index (κ3) is 3.26. The second-order valence-electron chi connectivity index (χ2n) is 5.84. The third-order valence-corrected chi connectivity index (χ3v) is 4.15. The minimum absolute atomic E-state index is 0.628. The fraction of sp³-hybridized carbons (Fsp3) is 0. The molecular formula is C22H16N2O2. The van der Waals surface area contributed by atoms with E-state index in [-0.39, 0.29) is 0 Å². The number of anilines is 1. The van der Waals surface area contributed by atoms with Crippen LogP contribution in [0, 0.1) is 0 Å². The minimum Gasteiger partial charge on any atom is -0.298 e. The summed E-state index contributed by atoms with van der Waals surface area (Å²) >= 11 is 0. The topological polar surface area (TPSA) is 50.7 Å². The molecule has 1 amide bonds. The van der Waals surface area contributed by atoms with Gasteiger partial charge < -0.3 is 0 Å². The van der Waals surface area contributed by atoms with Gasteiger partial charge in [-0.05, 0) is 39.7 Å². The molecular weight excluding hydrogens is 324 g/mol. The van der Waals surface area contributed by atoms with Crippen molar-refractivity contribution in [3.05, 3.63) is 90.5 Å². The van der Waals surface area contributed by atoms with E-state index in [2.05, 4.69) is 28.7 Å². The molecule has 0 aliphatic heterocycles. The maximum atomic E-state index is 11.9. The first kappa shape index (κ1) is 15.8. The van der Waals surface area contributed by atoms with Crippen molar-refractivity contribution >= 4 is 39.5 Å². The lowest BCUT2D eigenvalue weighted by molar-refractivity contribution is 0.167. The van der Waals surface area contributed by atoms with Crippen LogP contribution in [0.15, 0.2) is 90.1 Å². The highest BCUT2D eigenvalue weighted by Crippen LogP contribution is 2.27. The smallest absolute Gasteiger partial charge is 0.298 e. The minimum atomic E-state index is -0.628. The fourth-order valence-corrected chi connectivity index (χ4v) is 2.98. The molecule has 0 radical (unpaired) electrons. The van der Waals surface area contributed by atoms with Crippen molar-refractivity contribution in [2.45, 2.75) is 0 Å². The number of nitrogens with one attached hydrogen (secondary N) is 1. The number of carbonyl (C=O) groups excluding carboxylic acids is 1. The predicted octanol–water partition coefficient (Wildman–Crippen LogP) is 5.58. The zero-order valence-electron chi connectivity index (χ0n) is 13.9. The molecule has 4 nitrogen and oxygen atoms in total. The van der Waals surface area contributed by atoms with Gasteiger partial charge in [0.2, 0.25) is 0 Å². The van der Waals surface area contributed by atoms with Gasteiger partial charge in [-0.2, -0.15) is 0 Å². The quantitative estimate of drug-likeness (QED) is 0.229. The van der Waals surface area contributed by atoms with Gasteiger partial charge in [0.05, 0.1) is 6.21 Å². The maximum absolute atomic E-state index is 11.9. The number of amides is 1. The van der Waals surface area contributed by atoms with Crippen LogP contribution in [0.2, 0.25) is 0 Å². The standard InChI is InChI=1S/C22H16N2O2/c25-22(24-18-10-2-1-3-11-18)26-23-15-21-19-12-6-4-8-16(19)14-17-9-5-7-13-20(17)21/h1-15H,(H,24,25)/b23-15-. The van der Waals surface area contributed by atoms with Gasteiger partial charge in [0.25, 0.3) is 0 Å². The zero-order chi connectivity index (χ0) is 17.8. The molecule has 0 spiro atoms. The van der Waals surface area contributed by atoms with Crippen LogP contribution in [0.1, 0.15) is 5.56 Å². The summed E-state index contributed by atoms with van der Waals surface area (Å²) in [5, 5.41) is 10.9. The maximum Gasteiger partial charge on any atom is 0.437 e. The molecule has 0 bridgehead atoms. The molecule has 0 saturated carbocycles. The van der Waals surface area contributed by atoms with E-state index in [1.165, 1.54) is 0 Å². The number of carbonyl (C=O) groups is 1. The van der Waals surface area contributed by atoms with E-state index >= 15 is 0 Å². The Bertz CT molecular complexity index is 1050. The molecule has 4 rings (SSSR count). The van der Waals surface area contributed by atoms with Crippen LogP contribution in [0.4, 0.5) is 10.5 Å². The molecule has 0 heterocycles. The van der Waals surface area contributed by atoms with Gasteiger partial charge in [-0.3, -0.25) is 10.2 Å². The van der Waals surface area contributed by atoms with Crippen molar-refractivity contribution in [1.29, 1.82) is 0 Å². The van der Waals surface area contributed by atoms with Crippen LogP contribution in [-0.4, -0.2) is 12.3 Å². The van der Waals surface area contributed by atoms with E-state index in [0.717, 1.165) is 27.1 Å². The number of fused-ring (bicyclic) bond motifs is 2. The Labute approximate surface area is 150 Å². The highest BCUT2D eigenvalue weighted by atomic mass is 16.7. The molecule has 4 heteroatoms. The molecule has 0 atom stereocenters. The molecule has 0 aromatic heterocycles. The van der Waals surface area contributed by atoms with Crippen LogP contribution in [0.5, 0.6) is 0 Å². The van der Waals surface area contributed by atoms with Crippen molar-refractivity contribution in [1.82, 2.24) is 0 Å². The Kier molecular flexibility index (Phi) is 4.31. The van der Waals surface area contributed by atoms with Gasteiger partial charge in [-0.25, -0.2) is 4.79 Å². The first-order chi connectivity index (χ1) is 12.8. The van der Waals surface area contributed by atoms with Gasteiger partial charge >= 0.3 is 6.09 Å². The Morgan fingerprint density at radius 2 is 1.38 bits per heavy atom. The SMILES string of the molecule is O=C(Nc1ccccc1)O/N=C\c1c2ccccc2cc2ccccc12. The van der Waals surface area contributed by atoms with E-state index in [0.29, 0.717) is 5.69 Å². The summed E-state index contributed by atoms with van der Waals surface area (Å²) in [6.07, 6.45) is 0.965. The molecule has 0 fully saturated rings. The van der Waals surface area contributed by atoms with Crippen LogP contribution < -0.4 is 5.32 Å². The largest absolute Gasteiger partial charge is 0.437 e. The first-order valence-corrected chi connectivity index (χ1v) is 8.28. The summed E-state index contributed by atoms with van der Waals surface area (Å²) in [7, 11) is 0. The van der Waals surface area contributed by atoms with Gasteiger partial charge in [0, 0.05) is 11.3 Å². The van der Waals surface area contributed by atoms with Crippen LogP contribution in [-0.2, 0) is 4.84 Å². The van der Waals surface area contributed by atoms with Gasteiger partial charge in [-0.1, -0.05) is 71.9 Å². The highest BCUT2D eigenvalue weighted by Gasteiger charge is 2.06. The van der Waals surface area contributed by atoms with Crippen LogP contribution in [0.3, 0.4) is 0 Å². The molecule has 0 aliphatic carbocycles. The molecule has 4 aromatic rings. The fourth-order valence-electron chi connectivity index (χ4n) is 2.98. The molecule has 1 N–H and O–H groups in total. The molecule has 0 saturated heterocycles. The number of benzene rings is 4. The zero-order valence-corrected chi connectivity index (χ0v) is 13.9. The average molecular weight is 340 g/mol. The van der Waals surface area contributed by atoms with E-state index in [1.54, 1.807) is 18.3 Å². The van der Waals surface area contributed by atoms with Crippen LogP contribution >= 0.6 is 0 Å². The second-order valence-corrected chi connectivity index (χ2v) is 5.84. The number of rotatable bonds is 3. The second kappa shape index (κ2) is 7.07. The van der Waals surface area contributed by atoms with E-state index in [9.17, 15) is 4.79 Å². The Morgan fingerprint density at radius 1 is 0.808 bits per heavy atom. The van der Waals surface area contributed by atoms with Gasteiger partial charge in [0.1, 0.15) is 0 Å². The molecule has 0 aliphatic rings. The number of hydrogen-bond acceptors (Lipinski definition) is 3. The van der Waals surface area contributed by atoms with Crippen molar-refractivity contribution in [2.75, 3.05) is 5.32 Å². The van der Waals surface area contributed by atoms with Crippen molar-refractivity contribution in [2.24, 2.45) is 5.16 Å². The summed E-state index contributed by atoms with van der Waals surface area (Å²) in [5.41, 5.74) is 1.58.